The molecule has 1 fully saturated rings. The predicted molar refractivity (Wildman–Crippen MR) is 103 cm³/mol. The van der Waals surface area contributed by atoms with Crippen molar-refractivity contribution < 1.29 is 0 Å². The van der Waals surface area contributed by atoms with E-state index in [1.165, 1.54) is 24.8 Å². The fourth-order valence-corrected chi connectivity index (χ4v) is 3.15. The Balaban J connectivity index is 0.00000242. The lowest BCUT2D eigenvalue weighted by Crippen LogP contribution is -2.42. The van der Waals surface area contributed by atoms with Gasteiger partial charge < -0.3 is 10.2 Å². The molecule has 1 aliphatic rings. The summed E-state index contributed by atoms with van der Waals surface area (Å²) >= 11 is 0. The Morgan fingerprint density at radius 3 is 2.64 bits per heavy atom. The lowest BCUT2D eigenvalue weighted by molar-refractivity contribution is 0.276. The maximum atomic E-state index is 4.44. The Bertz CT molecular complexity index is 479. The van der Waals surface area contributed by atoms with Gasteiger partial charge >= 0.3 is 0 Å². The van der Waals surface area contributed by atoms with Crippen molar-refractivity contribution in [2.24, 2.45) is 10.4 Å². The number of rotatable bonds is 5. The molecular formula is C16H30IN5. The Morgan fingerprint density at radius 1 is 1.41 bits per heavy atom. The Kier molecular flexibility index (Phi) is 7.65. The van der Waals surface area contributed by atoms with Gasteiger partial charge in [-0.1, -0.05) is 13.8 Å². The summed E-state index contributed by atoms with van der Waals surface area (Å²) in [6, 6.07) is 0. The highest BCUT2D eigenvalue weighted by atomic mass is 127. The number of nitrogens with one attached hydrogen (secondary N) is 1. The van der Waals surface area contributed by atoms with Crippen molar-refractivity contribution in [1.82, 2.24) is 20.0 Å². The van der Waals surface area contributed by atoms with E-state index in [0.29, 0.717) is 5.41 Å². The summed E-state index contributed by atoms with van der Waals surface area (Å²) < 4.78 is 1.97. The van der Waals surface area contributed by atoms with Crippen molar-refractivity contribution in [1.29, 1.82) is 0 Å². The largest absolute Gasteiger partial charge is 0.354 e. The summed E-state index contributed by atoms with van der Waals surface area (Å²) in [4.78, 5) is 6.85. The second kappa shape index (κ2) is 8.74. The van der Waals surface area contributed by atoms with Crippen LogP contribution in [-0.2, 0) is 6.54 Å². The lowest BCUT2D eigenvalue weighted by atomic mass is 9.82. The van der Waals surface area contributed by atoms with E-state index < -0.39 is 0 Å². The number of hydrogen-bond acceptors (Lipinski definition) is 2. The highest BCUT2D eigenvalue weighted by Gasteiger charge is 2.36. The van der Waals surface area contributed by atoms with E-state index in [9.17, 15) is 0 Å². The third-order valence-corrected chi connectivity index (χ3v) is 4.84. The van der Waals surface area contributed by atoms with Crippen LogP contribution in [0.2, 0.25) is 0 Å². The Hall–Kier alpha value is -0.790. The average molecular weight is 419 g/mol. The normalized spacial score (nSPS) is 17.5. The second-order valence-electron chi connectivity index (χ2n) is 6.13. The maximum absolute atomic E-state index is 4.44. The minimum atomic E-state index is 0. The molecule has 1 saturated heterocycles. The zero-order chi connectivity index (χ0) is 15.3. The van der Waals surface area contributed by atoms with Crippen LogP contribution in [0.3, 0.4) is 0 Å². The minimum Gasteiger partial charge on any atom is -0.354 e. The second-order valence-corrected chi connectivity index (χ2v) is 6.13. The van der Waals surface area contributed by atoms with Crippen molar-refractivity contribution in [3.05, 3.63) is 18.0 Å². The first-order valence-electron chi connectivity index (χ1n) is 8.07. The van der Waals surface area contributed by atoms with Crippen molar-refractivity contribution >= 4 is 29.9 Å². The molecule has 5 nitrogen and oxygen atoms in total. The summed E-state index contributed by atoms with van der Waals surface area (Å²) in [6.07, 6.45) is 7.75. The van der Waals surface area contributed by atoms with Crippen molar-refractivity contribution in [2.75, 3.05) is 26.7 Å². The van der Waals surface area contributed by atoms with Crippen LogP contribution < -0.4 is 5.32 Å². The summed E-state index contributed by atoms with van der Waals surface area (Å²) in [7, 11) is 1.87. The van der Waals surface area contributed by atoms with Crippen LogP contribution in [0.15, 0.2) is 17.4 Å². The van der Waals surface area contributed by atoms with E-state index in [0.717, 1.165) is 32.1 Å². The van der Waals surface area contributed by atoms with E-state index in [-0.39, 0.29) is 24.0 Å². The molecule has 0 saturated carbocycles. The molecule has 0 aliphatic carbocycles. The number of nitrogens with zero attached hydrogens (tertiary/aromatic N) is 4. The number of aliphatic imine (C=N–C) groups is 1. The molecule has 6 heteroatoms. The van der Waals surface area contributed by atoms with Crippen molar-refractivity contribution in [3.63, 3.8) is 0 Å². The summed E-state index contributed by atoms with van der Waals surface area (Å²) in [5.41, 5.74) is 1.69. The van der Waals surface area contributed by atoms with E-state index >= 15 is 0 Å². The van der Waals surface area contributed by atoms with Gasteiger partial charge in [0.1, 0.15) is 0 Å². The van der Waals surface area contributed by atoms with Gasteiger partial charge in [0.15, 0.2) is 5.96 Å². The van der Waals surface area contributed by atoms with Crippen molar-refractivity contribution in [3.8, 4) is 0 Å². The maximum Gasteiger partial charge on any atom is 0.193 e. The highest BCUT2D eigenvalue weighted by molar-refractivity contribution is 14.0. The number of hydrogen-bond donors (Lipinski definition) is 1. The van der Waals surface area contributed by atoms with Crippen LogP contribution in [0.1, 0.15) is 38.7 Å². The number of aromatic nitrogens is 2. The van der Waals surface area contributed by atoms with Gasteiger partial charge in [-0.05, 0) is 37.2 Å². The molecule has 0 unspecified atom stereocenters. The monoisotopic (exact) mass is 419 g/mol. The first kappa shape index (κ1) is 19.3. The van der Waals surface area contributed by atoms with E-state index in [1.54, 1.807) is 0 Å². The fourth-order valence-electron chi connectivity index (χ4n) is 3.15. The SMILES string of the molecule is CCC1(CC)CCN(C(=NC)NCCn2cc(C)cn2)C1.I. The molecule has 0 spiro atoms. The molecule has 2 rings (SSSR count). The molecule has 2 heterocycles. The molecule has 0 radical (unpaired) electrons. The molecule has 22 heavy (non-hydrogen) atoms. The molecule has 0 amide bonds. The third-order valence-electron chi connectivity index (χ3n) is 4.84. The molecule has 0 aromatic carbocycles. The van der Waals surface area contributed by atoms with Gasteiger partial charge in [-0.15, -0.1) is 24.0 Å². The summed E-state index contributed by atoms with van der Waals surface area (Å²) in [5, 5.41) is 7.78. The number of aryl methyl sites for hydroxylation is 1. The highest BCUT2D eigenvalue weighted by Crippen LogP contribution is 2.36. The first-order chi connectivity index (χ1) is 10.1. The van der Waals surface area contributed by atoms with Gasteiger partial charge in [0.2, 0.25) is 0 Å². The van der Waals surface area contributed by atoms with E-state index in [4.69, 9.17) is 0 Å². The number of likely N-dealkylation sites (tertiary alicyclic amines) is 1. The predicted octanol–water partition coefficient (Wildman–Crippen LogP) is 2.90. The fraction of sp³-hybridized carbons (Fsp3) is 0.750. The molecule has 1 aliphatic heterocycles. The topological polar surface area (TPSA) is 45.5 Å². The van der Waals surface area contributed by atoms with Crippen molar-refractivity contribution in [2.45, 2.75) is 46.6 Å². The van der Waals surface area contributed by atoms with Gasteiger partial charge in [0.05, 0.1) is 12.7 Å². The first-order valence-corrected chi connectivity index (χ1v) is 8.07. The average Bonchev–Trinajstić information content (AvgIpc) is 3.11. The Labute approximate surface area is 151 Å². The smallest absolute Gasteiger partial charge is 0.193 e. The van der Waals surface area contributed by atoms with Crippen LogP contribution in [0.25, 0.3) is 0 Å². The van der Waals surface area contributed by atoms with E-state index in [1.807, 2.05) is 17.9 Å². The molecule has 1 aromatic rings. The van der Waals surface area contributed by atoms with Crippen LogP contribution in [0.5, 0.6) is 0 Å². The zero-order valence-corrected chi connectivity index (χ0v) is 16.6. The van der Waals surface area contributed by atoms with Crippen LogP contribution >= 0.6 is 24.0 Å². The van der Waals surface area contributed by atoms with Crippen LogP contribution in [0, 0.1) is 12.3 Å². The zero-order valence-electron chi connectivity index (χ0n) is 14.3. The quantitative estimate of drug-likeness (QED) is 0.454. The lowest BCUT2D eigenvalue weighted by Gasteiger charge is -2.28. The number of guanidine groups is 1. The standard InChI is InChI=1S/C16H29N5.HI/c1-5-16(6-2)7-9-20(13-16)15(17-4)18-8-10-21-12-14(3)11-19-21;/h11-12H,5-10,13H2,1-4H3,(H,17,18);1H. The van der Waals surface area contributed by atoms with Crippen LogP contribution in [0.4, 0.5) is 0 Å². The van der Waals surface area contributed by atoms with Crippen LogP contribution in [-0.4, -0.2) is 47.3 Å². The third kappa shape index (κ3) is 4.60. The molecule has 0 atom stereocenters. The molecule has 0 bridgehead atoms. The number of halogens is 1. The summed E-state index contributed by atoms with van der Waals surface area (Å²) in [5.74, 6) is 1.03. The van der Waals surface area contributed by atoms with Gasteiger partial charge in [0.25, 0.3) is 0 Å². The van der Waals surface area contributed by atoms with Gasteiger partial charge in [0, 0.05) is 32.9 Å². The summed E-state index contributed by atoms with van der Waals surface area (Å²) in [6.45, 7) is 10.6. The molecular weight excluding hydrogens is 389 g/mol. The molecule has 126 valence electrons. The van der Waals surface area contributed by atoms with Gasteiger partial charge in [-0.3, -0.25) is 9.67 Å². The Morgan fingerprint density at radius 2 is 2.14 bits per heavy atom. The van der Waals surface area contributed by atoms with Gasteiger partial charge in [-0.25, -0.2) is 0 Å². The van der Waals surface area contributed by atoms with Gasteiger partial charge in [-0.2, -0.15) is 5.10 Å². The molecule has 1 aromatic heterocycles. The molecule has 1 N–H and O–H groups in total. The van der Waals surface area contributed by atoms with E-state index in [2.05, 4.69) is 47.3 Å². The minimum absolute atomic E-state index is 0.